The summed E-state index contributed by atoms with van der Waals surface area (Å²) in [6.45, 7) is 0. The molecule has 0 saturated carbocycles. The maximum absolute atomic E-state index is 12.6. The summed E-state index contributed by atoms with van der Waals surface area (Å²) in [4.78, 5) is 11.7. The first kappa shape index (κ1) is 10.6. The van der Waals surface area contributed by atoms with Crippen molar-refractivity contribution in [2.75, 3.05) is 0 Å². The standard InChI is InChI=1S/C14H10FO/c15-13-8-6-11(7-9-13)10-14(16)12-4-2-1-3-5-12/h1-10H. The van der Waals surface area contributed by atoms with Crippen LogP contribution in [0.15, 0.2) is 54.6 Å². The Hall–Kier alpha value is -1.96. The van der Waals surface area contributed by atoms with Crippen molar-refractivity contribution < 1.29 is 9.18 Å². The predicted octanol–water partition coefficient (Wildman–Crippen LogP) is 3.26. The van der Waals surface area contributed by atoms with Gasteiger partial charge in [0.1, 0.15) is 5.82 Å². The lowest BCUT2D eigenvalue weighted by Crippen LogP contribution is -2.00. The van der Waals surface area contributed by atoms with Gasteiger partial charge >= 0.3 is 0 Å². The lowest BCUT2D eigenvalue weighted by atomic mass is 10.0. The fourth-order valence-corrected chi connectivity index (χ4v) is 1.40. The fourth-order valence-electron chi connectivity index (χ4n) is 1.40. The molecule has 0 saturated heterocycles. The minimum atomic E-state index is -0.302. The molecule has 0 aromatic heterocycles. The molecule has 0 unspecified atom stereocenters. The second-order valence-electron chi connectivity index (χ2n) is 3.43. The van der Waals surface area contributed by atoms with Gasteiger partial charge in [-0.15, -0.1) is 0 Å². The Balaban J connectivity index is 2.11. The minimum Gasteiger partial charge on any atom is -0.293 e. The lowest BCUT2D eigenvalue weighted by molar-refractivity contribution is 0.103. The smallest absolute Gasteiger partial charge is 0.171 e. The van der Waals surface area contributed by atoms with Crippen LogP contribution in [0.4, 0.5) is 4.39 Å². The van der Waals surface area contributed by atoms with Crippen LogP contribution < -0.4 is 0 Å². The highest BCUT2D eigenvalue weighted by molar-refractivity contribution is 6.04. The maximum Gasteiger partial charge on any atom is 0.171 e. The van der Waals surface area contributed by atoms with Gasteiger partial charge in [-0.2, -0.15) is 0 Å². The van der Waals surface area contributed by atoms with E-state index in [0.717, 1.165) is 0 Å². The summed E-state index contributed by atoms with van der Waals surface area (Å²) in [5.74, 6) is -0.378. The largest absolute Gasteiger partial charge is 0.293 e. The third-order valence-electron chi connectivity index (χ3n) is 2.23. The van der Waals surface area contributed by atoms with Gasteiger partial charge in [0.05, 0.1) is 6.42 Å². The number of Topliss-reactive ketones (excluding diaryl/α,β-unsaturated/α-hetero) is 1. The Labute approximate surface area is 93.5 Å². The molecule has 0 heterocycles. The van der Waals surface area contributed by atoms with Crippen LogP contribution in [0, 0.1) is 12.2 Å². The number of hydrogen-bond donors (Lipinski definition) is 0. The molecule has 0 aliphatic rings. The highest BCUT2D eigenvalue weighted by Gasteiger charge is 2.06. The number of ketones is 1. The second kappa shape index (κ2) is 4.71. The molecule has 0 N–H and O–H groups in total. The zero-order valence-corrected chi connectivity index (χ0v) is 8.56. The van der Waals surface area contributed by atoms with E-state index in [1.54, 1.807) is 24.3 Å². The molecule has 79 valence electrons. The van der Waals surface area contributed by atoms with Crippen molar-refractivity contribution in [1.82, 2.24) is 0 Å². The van der Waals surface area contributed by atoms with Crippen LogP contribution in [0.2, 0.25) is 0 Å². The van der Waals surface area contributed by atoms with Crippen LogP contribution in [-0.4, -0.2) is 5.78 Å². The minimum absolute atomic E-state index is 0.0767. The molecule has 2 aromatic rings. The van der Waals surface area contributed by atoms with E-state index in [1.165, 1.54) is 18.6 Å². The van der Waals surface area contributed by atoms with Crippen LogP contribution in [0.3, 0.4) is 0 Å². The van der Waals surface area contributed by atoms with Gasteiger partial charge in [0.15, 0.2) is 5.78 Å². The molecule has 1 nitrogen and oxygen atoms in total. The van der Waals surface area contributed by atoms with E-state index in [1.807, 2.05) is 18.2 Å². The van der Waals surface area contributed by atoms with Crippen LogP contribution in [0.5, 0.6) is 0 Å². The van der Waals surface area contributed by atoms with Gasteiger partial charge in [-0.1, -0.05) is 42.5 Å². The molecule has 0 atom stereocenters. The highest BCUT2D eigenvalue weighted by Crippen LogP contribution is 2.10. The van der Waals surface area contributed by atoms with Crippen LogP contribution in [0.1, 0.15) is 15.9 Å². The van der Waals surface area contributed by atoms with Crippen LogP contribution in [0.25, 0.3) is 0 Å². The molecule has 0 amide bonds. The quantitative estimate of drug-likeness (QED) is 0.715. The molecular weight excluding hydrogens is 203 g/mol. The van der Waals surface area contributed by atoms with Gasteiger partial charge in [-0.25, -0.2) is 4.39 Å². The summed E-state index contributed by atoms with van der Waals surface area (Å²) in [5.41, 5.74) is 1.34. The third kappa shape index (κ3) is 2.54. The normalized spacial score (nSPS) is 10.1. The van der Waals surface area contributed by atoms with E-state index in [2.05, 4.69) is 0 Å². The Kier molecular flexibility index (Phi) is 3.10. The van der Waals surface area contributed by atoms with Crippen molar-refractivity contribution in [2.24, 2.45) is 0 Å². The Bertz CT molecular complexity index is 474. The first-order chi connectivity index (χ1) is 7.75. The van der Waals surface area contributed by atoms with Crippen molar-refractivity contribution in [1.29, 1.82) is 0 Å². The van der Waals surface area contributed by atoms with Gasteiger partial charge in [-0.05, 0) is 17.7 Å². The second-order valence-corrected chi connectivity index (χ2v) is 3.43. The fraction of sp³-hybridized carbons (Fsp3) is 0. The first-order valence-electron chi connectivity index (χ1n) is 4.95. The molecule has 0 aliphatic carbocycles. The summed E-state index contributed by atoms with van der Waals surface area (Å²) in [6.07, 6.45) is 1.49. The van der Waals surface area contributed by atoms with Crippen molar-refractivity contribution in [3.05, 3.63) is 78.0 Å². The number of hydrogen-bond acceptors (Lipinski definition) is 1. The summed E-state index contributed by atoms with van der Waals surface area (Å²) in [7, 11) is 0. The monoisotopic (exact) mass is 213 g/mol. The van der Waals surface area contributed by atoms with Gasteiger partial charge in [0.2, 0.25) is 0 Å². The molecule has 2 heteroatoms. The van der Waals surface area contributed by atoms with Crippen molar-refractivity contribution in [3.63, 3.8) is 0 Å². The molecular formula is C14H10FO. The predicted molar refractivity (Wildman–Crippen MR) is 60.6 cm³/mol. The number of carbonyl (C=O) groups excluding carboxylic acids is 1. The number of benzene rings is 2. The zero-order chi connectivity index (χ0) is 11.4. The Morgan fingerprint density at radius 2 is 1.56 bits per heavy atom. The SMILES string of the molecule is O=C([CH]c1ccc(F)cc1)c1ccccc1. The molecule has 0 aliphatic heterocycles. The molecule has 0 spiro atoms. The van der Waals surface area contributed by atoms with Crippen molar-refractivity contribution in [2.45, 2.75) is 0 Å². The average Bonchev–Trinajstić information content (AvgIpc) is 2.33. The lowest BCUT2D eigenvalue weighted by Gasteiger charge is -2.00. The zero-order valence-electron chi connectivity index (χ0n) is 8.56. The summed E-state index contributed by atoms with van der Waals surface area (Å²) < 4.78 is 12.6. The van der Waals surface area contributed by atoms with E-state index in [-0.39, 0.29) is 11.6 Å². The van der Waals surface area contributed by atoms with E-state index in [0.29, 0.717) is 11.1 Å². The highest BCUT2D eigenvalue weighted by atomic mass is 19.1. The van der Waals surface area contributed by atoms with Crippen LogP contribution in [-0.2, 0) is 0 Å². The molecule has 2 aromatic carbocycles. The molecule has 1 radical (unpaired) electrons. The van der Waals surface area contributed by atoms with Gasteiger partial charge in [0, 0.05) is 5.56 Å². The van der Waals surface area contributed by atoms with E-state index >= 15 is 0 Å². The summed E-state index contributed by atoms with van der Waals surface area (Å²) >= 11 is 0. The Morgan fingerprint density at radius 1 is 0.938 bits per heavy atom. The van der Waals surface area contributed by atoms with Crippen LogP contribution >= 0.6 is 0 Å². The van der Waals surface area contributed by atoms with E-state index in [9.17, 15) is 9.18 Å². The van der Waals surface area contributed by atoms with Gasteiger partial charge in [0.25, 0.3) is 0 Å². The topological polar surface area (TPSA) is 17.1 Å². The summed E-state index contributed by atoms with van der Waals surface area (Å²) in [6, 6.07) is 14.8. The summed E-state index contributed by atoms with van der Waals surface area (Å²) in [5, 5.41) is 0. The molecule has 0 bridgehead atoms. The maximum atomic E-state index is 12.6. The molecule has 0 fully saturated rings. The Morgan fingerprint density at radius 3 is 2.19 bits per heavy atom. The number of carbonyl (C=O) groups is 1. The van der Waals surface area contributed by atoms with Crippen molar-refractivity contribution >= 4 is 5.78 Å². The van der Waals surface area contributed by atoms with E-state index in [4.69, 9.17) is 0 Å². The third-order valence-corrected chi connectivity index (χ3v) is 2.23. The number of halogens is 1. The number of rotatable bonds is 3. The van der Waals surface area contributed by atoms with E-state index < -0.39 is 0 Å². The molecule has 16 heavy (non-hydrogen) atoms. The van der Waals surface area contributed by atoms with Crippen molar-refractivity contribution in [3.8, 4) is 0 Å². The first-order valence-corrected chi connectivity index (χ1v) is 4.95. The average molecular weight is 213 g/mol. The van der Waals surface area contributed by atoms with Gasteiger partial charge in [-0.3, -0.25) is 4.79 Å². The van der Waals surface area contributed by atoms with Gasteiger partial charge < -0.3 is 0 Å². The molecule has 2 rings (SSSR count).